The van der Waals surface area contributed by atoms with E-state index in [1.807, 2.05) is 0 Å². The SMILES string of the molecule is CCC(CC)NC(=O)c1ccc[nH]c1=S. The van der Waals surface area contributed by atoms with Gasteiger partial charge in [-0.05, 0) is 25.0 Å². The molecule has 1 heterocycles. The number of hydrogen-bond acceptors (Lipinski definition) is 2. The highest BCUT2D eigenvalue weighted by Crippen LogP contribution is 2.02. The van der Waals surface area contributed by atoms with Crippen LogP contribution in [0.15, 0.2) is 18.3 Å². The second kappa shape index (κ2) is 5.66. The van der Waals surface area contributed by atoms with Gasteiger partial charge in [0.15, 0.2) is 0 Å². The molecule has 0 unspecified atom stereocenters. The van der Waals surface area contributed by atoms with Crippen LogP contribution in [-0.4, -0.2) is 16.9 Å². The fourth-order valence-corrected chi connectivity index (χ4v) is 1.59. The molecule has 0 bridgehead atoms. The van der Waals surface area contributed by atoms with Gasteiger partial charge in [-0.25, -0.2) is 0 Å². The van der Waals surface area contributed by atoms with Crippen molar-refractivity contribution in [2.75, 3.05) is 0 Å². The zero-order chi connectivity index (χ0) is 11.3. The van der Waals surface area contributed by atoms with Crippen molar-refractivity contribution < 1.29 is 4.79 Å². The molecule has 0 saturated heterocycles. The van der Waals surface area contributed by atoms with Crippen molar-refractivity contribution in [1.29, 1.82) is 0 Å². The number of aromatic nitrogens is 1. The van der Waals surface area contributed by atoms with Crippen molar-refractivity contribution in [2.24, 2.45) is 0 Å². The Morgan fingerprint density at radius 1 is 1.53 bits per heavy atom. The van der Waals surface area contributed by atoms with E-state index in [0.717, 1.165) is 12.8 Å². The average molecular weight is 224 g/mol. The standard InChI is InChI=1S/C11H16N2OS/c1-3-8(4-2)13-10(14)9-6-5-7-12-11(9)15/h5-8H,3-4H2,1-2H3,(H,12,15)(H,13,14). The first-order valence-electron chi connectivity index (χ1n) is 5.17. The number of rotatable bonds is 4. The van der Waals surface area contributed by atoms with E-state index in [1.165, 1.54) is 0 Å². The van der Waals surface area contributed by atoms with Crippen LogP contribution in [0.5, 0.6) is 0 Å². The summed E-state index contributed by atoms with van der Waals surface area (Å²) in [7, 11) is 0. The quantitative estimate of drug-likeness (QED) is 0.772. The average Bonchev–Trinajstić information content (AvgIpc) is 2.26. The number of carbonyl (C=O) groups excluding carboxylic acids is 1. The molecular weight excluding hydrogens is 208 g/mol. The first-order chi connectivity index (χ1) is 7.19. The number of nitrogens with one attached hydrogen (secondary N) is 2. The highest BCUT2D eigenvalue weighted by molar-refractivity contribution is 7.71. The third kappa shape index (κ3) is 3.16. The van der Waals surface area contributed by atoms with E-state index in [1.54, 1.807) is 18.3 Å². The molecule has 1 rings (SSSR count). The Morgan fingerprint density at radius 2 is 2.20 bits per heavy atom. The lowest BCUT2D eigenvalue weighted by atomic mass is 10.1. The fourth-order valence-electron chi connectivity index (χ4n) is 1.36. The molecule has 0 aliphatic rings. The summed E-state index contributed by atoms with van der Waals surface area (Å²) in [5.74, 6) is -0.0921. The van der Waals surface area contributed by atoms with Crippen LogP contribution in [0.2, 0.25) is 0 Å². The molecular formula is C11H16N2OS. The van der Waals surface area contributed by atoms with E-state index in [9.17, 15) is 4.79 Å². The van der Waals surface area contributed by atoms with Crippen LogP contribution < -0.4 is 5.32 Å². The Morgan fingerprint density at radius 3 is 2.73 bits per heavy atom. The minimum atomic E-state index is -0.0921. The zero-order valence-corrected chi connectivity index (χ0v) is 9.86. The summed E-state index contributed by atoms with van der Waals surface area (Å²) >= 11 is 5.04. The monoisotopic (exact) mass is 224 g/mol. The zero-order valence-electron chi connectivity index (χ0n) is 9.04. The van der Waals surface area contributed by atoms with E-state index < -0.39 is 0 Å². The van der Waals surface area contributed by atoms with Gasteiger partial charge in [0.1, 0.15) is 4.64 Å². The number of aromatic amines is 1. The van der Waals surface area contributed by atoms with E-state index in [-0.39, 0.29) is 11.9 Å². The summed E-state index contributed by atoms with van der Waals surface area (Å²) in [6.07, 6.45) is 3.59. The molecule has 1 aromatic heterocycles. The molecule has 0 radical (unpaired) electrons. The molecule has 1 aromatic rings. The maximum Gasteiger partial charge on any atom is 0.254 e. The van der Waals surface area contributed by atoms with Gasteiger partial charge in [-0.1, -0.05) is 26.1 Å². The van der Waals surface area contributed by atoms with Crippen molar-refractivity contribution >= 4 is 18.1 Å². The molecule has 0 aromatic carbocycles. The van der Waals surface area contributed by atoms with E-state index in [2.05, 4.69) is 24.1 Å². The van der Waals surface area contributed by atoms with Crippen molar-refractivity contribution in [1.82, 2.24) is 10.3 Å². The molecule has 0 fully saturated rings. The molecule has 4 heteroatoms. The van der Waals surface area contributed by atoms with Gasteiger partial charge in [0.2, 0.25) is 0 Å². The maximum atomic E-state index is 11.8. The first kappa shape index (κ1) is 11.9. The highest BCUT2D eigenvalue weighted by atomic mass is 32.1. The minimum Gasteiger partial charge on any atom is -0.352 e. The number of carbonyl (C=O) groups is 1. The lowest BCUT2D eigenvalue weighted by Crippen LogP contribution is -2.34. The number of H-pyrrole nitrogens is 1. The number of pyridine rings is 1. The van der Waals surface area contributed by atoms with Crippen molar-refractivity contribution in [2.45, 2.75) is 32.7 Å². The van der Waals surface area contributed by atoms with Gasteiger partial charge >= 0.3 is 0 Å². The summed E-state index contributed by atoms with van der Waals surface area (Å²) in [6, 6.07) is 3.74. The van der Waals surface area contributed by atoms with E-state index in [4.69, 9.17) is 12.2 Å². The van der Waals surface area contributed by atoms with Gasteiger partial charge in [-0.15, -0.1) is 0 Å². The van der Waals surface area contributed by atoms with Crippen LogP contribution in [0.1, 0.15) is 37.0 Å². The molecule has 82 valence electrons. The third-order valence-corrected chi connectivity index (χ3v) is 2.72. The Kier molecular flexibility index (Phi) is 4.49. The van der Waals surface area contributed by atoms with Crippen LogP contribution in [0, 0.1) is 4.64 Å². The molecule has 0 spiro atoms. The van der Waals surface area contributed by atoms with Gasteiger partial charge < -0.3 is 10.3 Å². The van der Waals surface area contributed by atoms with Crippen molar-refractivity contribution in [3.05, 3.63) is 28.5 Å². The van der Waals surface area contributed by atoms with Crippen LogP contribution in [-0.2, 0) is 0 Å². The second-order valence-corrected chi connectivity index (χ2v) is 3.81. The smallest absolute Gasteiger partial charge is 0.254 e. The predicted molar refractivity (Wildman–Crippen MR) is 63.5 cm³/mol. The number of hydrogen-bond donors (Lipinski definition) is 2. The summed E-state index contributed by atoms with van der Waals surface area (Å²) in [6.45, 7) is 4.11. The first-order valence-corrected chi connectivity index (χ1v) is 5.58. The largest absolute Gasteiger partial charge is 0.352 e. The molecule has 0 atom stereocenters. The fraction of sp³-hybridized carbons (Fsp3) is 0.455. The molecule has 2 N–H and O–H groups in total. The number of amides is 1. The van der Waals surface area contributed by atoms with Gasteiger partial charge in [-0.3, -0.25) is 4.79 Å². The summed E-state index contributed by atoms with van der Waals surface area (Å²) in [5, 5.41) is 2.95. The molecule has 15 heavy (non-hydrogen) atoms. The van der Waals surface area contributed by atoms with Crippen molar-refractivity contribution in [3.63, 3.8) is 0 Å². The van der Waals surface area contributed by atoms with Gasteiger partial charge in [0.25, 0.3) is 5.91 Å². The molecule has 0 aliphatic heterocycles. The predicted octanol–water partition coefficient (Wildman–Crippen LogP) is 2.66. The molecule has 3 nitrogen and oxygen atoms in total. The lowest BCUT2D eigenvalue weighted by Gasteiger charge is -2.14. The Hall–Kier alpha value is -1.16. The van der Waals surface area contributed by atoms with Gasteiger partial charge in [-0.2, -0.15) is 0 Å². The van der Waals surface area contributed by atoms with Crippen LogP contribution in [0.4, 0.5) is 0 Å². The van der Waals surface area contributed by atoms with Crippen LogP contribution in [0.25, 0.3) is 0 Å². The van der Waals surface area contributed by atoms with E-state index in [0.29, 0.717) is 10.2 Å². The third-order valence-electron chi connectivity index (χ3n) is 2.38. The minimum absolute atomic E-state index is 0.0921. The highest BCUT2D eigenvalue weighted by Gasteiger charge is 2.11. The molecule has 1 amide bonds. The van der Waals surface area contributed by atoms with E-state index >= 15 is 0 Å². The van der Waals surface area contributed by atoms with Gasteiger partial charge in [0.05, 0.1) is 5.56 Å². The Balaban J connectivity index is 2.78. The summed E-state index contributed by atoms with van der Waals surface area (Å²) < 4.78 is 0.487. The lowest BCUT2D eigenvalue weighted by molar-refractivity contribution is 0.0934. The molecule has 0 saturated carbocycles. The summed E-state index contributed by atoms with van der Waals surface area (Å²) in [5.41, 5.74) is 0.541. The summed E-state index contributed by atoms with van der Waals surface area (Å²) in [4.78, 5) is 14.6. The topological polar surface area (TPSA) is 44.9 Å². The van der Waals surface area contributed by atoms with Crippen LogP contribution >= 0.6 is 12.2 Å². The van der Waals surface area contributed by atoms with Crippen molar-refractivity contribution in [3.8, 4) is 0 Å². The van der Waals surface area contributed by atoms with Crippen LogP contribution in [0.3, 0.4) is 0 Å². The second-order valence-electron chi connectivity index (χ2n) is 3.40. The van der Waals surface area contributed by atoms with Gasteiger partial charge in [0, 0.05) is 12.2 Å². The normalized spacial score (nSPS) is 10.3. The maximum absolute atomic E-state index is 11.8. The molecule has 0 aliphatic carbocycles. The Bertz CT molecular complexity index is 382. The Labute approximate surface area is 94.9 Å².